The van der Waals surface area contributed by atoms with E-state index < -0.39 is 0 Å². The van der Waals surface area contributed by atoms with Gasteiger partial charge in [-0.3, -0.25) is 4.79 Å². The number of benzene rings is 2. The average Bonchev–Trinajstić information content (AvgIpc) is 3.34. The zero-order valence-electron chi connectivity index (χ0n) is 14.8. The molecule has 5 nitrogen and oxygen atoms in total. The second kappa shape index (κ2) is 8.14. The molecule has 0 aliphatic rings. The summed E-state index contributed by atoms with van der Waals surface area (Å²) in [4.78, 5) is 21.8. The van der Waals surface area contributed by atoms with E-state index in [0.717, 1.165) is 16.0 Å². The van der Waals surface area contributed by atoms with Crippen LogP contribution in [0.25, 0.3) is 11.5 Å². The van der Waals surface area contributed by atoms with Crippen LogP contribution >= 0.6 is 11.3 Å². The summed E-state index contributed by atoms with van der Waals surface area (Å²) in [5.41, 5.74) is 2.40. The lowest BCUT2D eigenvalue weighted by atomic mass is 10.1. The number of thiazole rings is 1. The van der Waals surface area contributed by atoms with Crippen LogP contribution in [0.3, 0.4) is 0 Å². The Kier molecular flexibility index (Phi) is 5.25. The smallest absolute Gasteiger partial charge is 0.232 e. The minimum atomic E-state index is -0.260. The SMILES string of the molecule is O=C(Cc1coc(-c2ccccc2)n1)Nc1ncc(Cc2ccc(F)cc2)s1. The van der Waals surface area contributed by atoms with E-state index in [9.17, 15) is 9.18 Å². The lowest BCUT2D eigenvalue weighted by Gasteiger charge is -1.99. The fraction of sp³-hybridized carbons (Fsp3) is 0.0952. The third kappa shape index (κ3) is 4.50. The first-order valence-electron chi connectivity index (χ1n) is 8.64. The van der Waals surface area contributed by atoms with E-state index in [1.54, 1.807) is 18.3 Å². The molecule has 0 unspecified atom stereocenters. The molecule has 2 aromatic carbocycles. The van der Waals surface area contributed by atoms with E-state index in [1.165, 1.54) is 29.7 Å². The fourth-order valence-corrected chi connectivity index (χ4v) is 3.54. The van der Waals surface area contributed by atoms with Crippen molar-refractivity contribution in [3.05, 3.63) is 89.0 Å². The zero-order chi connectivity index (χ0) is 19.3. The van der Waals surface area contributed by atoms with E-state index >= 15 is 0 Å². The van der Waals surface area contributed by atoms with Crippen molar-refractivity contribution in [1.29, 1.82) is 0 Å². The number of anilines is 1. The Bertz CT molecular complexity index is 1070. The number of carbonyl (C=O) groups is 1. The highest BCUT2D eigenvalue weighted by atomic mass is 32.1. The summed E-state index contributed by atoms with van der Waals surface area (Å²) < 4.78 is 18.4. The van der Waals surface area contributed by atoms with Gasteiger partial charge in [0.15, 0.2) is 5.13 Å². The third-order valence-electron chi connectivity index (χ3n) is 4.01. The summed E-state index contributed by atoms with van der Waals surface area (Å²) in [6.45, 7) is 0. The number of halogens is 1. The van der Waals surface area contributed by atoms with Crippen molar-refractivity contribution in [3.63, 3.8) is 0 Å². The number of hydrogen-bond acceptors (Lipinski definition) is 5. The Morgan fingerprint density at radius 1 is 1.11 bits per heavy atom. The van der Waals surface area contributed by atoms with Crippen LogP contribution in [0.1, 0.15) is 16.1 Å². The molecular weight excluding hydrogens is 377 g/mol. The third-order valence-corrected chi connectivity index (χ3v) is 4.92. The number of oxazole rings is 1. The van der Waals surface area contributed by atoms with Crippen molar-refractivity contribution in [1.82, 2.24) is 9.97 Å². The number of carbonyl (C=O) groups excluding carboxylic acids is 1. The molecule has 140 valence electrons. The number of amides is 1. The largest absolute Gasteiger partial charge is 0.444 e. The maximum atomic E-state index is 13.0. The first-order valence-corrected chi connectivity index (χ1v) is 9.46. The molecule has 0 fully saturated rings. The van der Waals surface area contributed by atoms with Crippen molar-refractivity contribution in [3.8, 4) is 11.5 Å². The molecule has 2 heterocycles. The molecule has 1 amide bonds. The van der Waals surface area contributed by atoms with Gasteiger partial charge in [-0.25, -0.2) is 14.4 Å². The van der Waals surface area contributed by atoms with Crippen molar-refractivity contribution in [2.45, 2.75) is 12.8 Å². The van der Waals surface area contributed by atoms with Gasteiger partial charge in [0.25, 0.3) is 0 Å². The quantitative estimate of drug-likeness (QED) is 0.515. The second-order valence-electron chi connectivity index (χ2n) is 6.17. The van der Waals surface area contributed by atoms with Gasteiger partial charge in [-0.05, 0) is 29.8 Å². The van der Waals surface area contributed by atoms with Gasteiger partial charge in [0.2, 0.25) is 11.8 Å². The molecule has 0 saturated heterocycles. The molecule has 0 radical (unpaired) electrons. The molecule has 4 aromatic rings. The summed E-state index contributed by atoms with van der Waals surface area (Å²) in [6.07, 6.45) is 3.94. The monoisotopic (exact) mass is 393 g/mol. The number of nitrogens with zero attached hydrogens (tertiary/aromatic N) is 2. The normalized spacial score (nSPS) is 10.8. The van der Waals surface area contributed by atoms with Crippen LogP contribution < -0.4 is 5.32 Å². The standard InChI is InChI=1S/C21H16FN3O2S/c22-16-8-6-14(7-9-16)10-18-12-23-21(28-18)25-19(26)11-17-13-27-20(24-17)15-4-2-1-3-5-15/h1-9,12-13H,10-11H2,(H,23,25,26). The highest BCUT2D eigenvalue weighted by Gasteiger charge is 2.12. The van der Waals surface area contributed by atoms with Crippen LogP contribution in [0.15, 0.2) is 71.5 Å². The van der Waals surface area contributed by atoms with Crippen molar-refractivity contribution < 1.29 is 13.6 Å². The Hall–Kier alpha value is -3.32. The highest BCUT2D eigenvalue weighted by Crippen LogP contribution is 2.22. The highest BCUT2D eigenvalue weighted by molar-refractivity contribution is 7.15. The molecule has 28 heavy (non-hydrogen) atoms. The maximum Gasteiger partial charge on any atom is 0.232 e. The first kappa shape index (κ1) is 18.1. The zero-order valence-corrected chi connectivity index (χ0v) is 15.6. The number of hydrogen-bond donors (Lipinski definition) is 1. The molecule has 0 bridgehead atoms. The molecular formula is C21H16FN3O2S. The van der Waals surface area contributed by atoms with Gasteiger partial charge in [-0.1, -0.05) is 30.3 Å². The van der Waals surface area contributed by atoms with Gasteiger partial charge < -0.3 is 9.73 Å². The van der Waals surface area contributed by atoms with Crippen LogP contribution in [0.5, 0.6) is 0 Å². The van der Waals surface area contributed by atoms with Gasteiger partial charge in [0, 0.05) is 23.1 Å². The van der Waals surface area contributed by atoms with E-state index in [-0.39, 0.29) is 18.1 Å². The van der Waals surface area contributed by atoms with Gasteiger partial charge in [-0.2, -0.15) is 0 Å². The molecule has 0 atom stereocenters. The van der Waals surface area contributed by atoms with Crippen LogP contribution in [0, 0.1) is 5.82 Å². The summed E-state index contributed by atoms with van der Waals surface area (Å²) in [7, 11) is 0. The number of rotatable bonds is 6. The molecule has 0 aliphatic carbocycles. The Labute approximate surface area is 164 Å². The van der Waals surface area contributed by atoms with Gasteiger partial charge in [-0.15, -0.1) is 11.3 Å². The summed E-state index contributed by atoms with van der Waals surface area (Å²) in [5.74, 6) is 0.0131. The van der Waals surface area contributed by atoms with E-state index in [0.29, 0.717) is 23.1 Å². The lowest BCUT2D eigenvalue weighted by Crippen LogP contribution is -2.14. The van der Waals surface area contributed by atoms with Gasteiger partial charge in [0.1, 0.15) is 12.1 Å². The summed E-state index contributed by atoms with van der Waals surface area (Å²) >= 11 is 1.39. The predicted octanol–water partition coefficient (Wildman–Crippen LogP) is 4.71. The topological polar surface area (TPSA) is 68.0 Å². The maximum absolute atomic E-state index is 13.0. The molecule has 0 aliphatic heterocycles. The molecule has 4 rings (SSSR count). The van der Waals surface area contributed by atoms with Gasteiger partial charge in [0.05, 0.1) is 12.1 Å². The van der Waals surface area contributed by atoms with Crippen LogP contribution in [-0.4, -0.2) is 15.9 Å². The molecule has 7 heteroatoms. The molecule has 2 aromatic heterocycles. The number of nitrogens with one attached hydrogen (secondary N) is 1. The molecule has 1 N–H and O–H groups in total. The van der Waals surface area contributed by atoms with Crippen LogP contribution in [0.4, 0.5) is 9.52 Å². The van der Waals surface area contributed by atoms with E-state index in [2.05, 4.69) is 15.3 Å². The minimum Gasteiger partial charge on any atom is -0.444 e. The lowest BCUT2D eigenvalue weighted by molar-refractivity contribution is -0.115. The Morgan fingerprint density at radius 3 is 2.68 bits per heavy atom. The molecule has 0 spiro atoms. The number of aromatic nitrogens is 2. The van der Waals surface area contributed by atoms with E-state index in [1.807, 2.05) is 30.3 Å². The van der Waals surface area contributed by atoms with Gasteiger partial charge >= 0.3 is 0 Å². The Balaban J connectivity index is 1.35. The minimum absolute atomic E-state index is 0.100. The first-order chi connectivity index (χ1) is 13.7. The second-order valence-corrected chi connectivity index (χ2v) is 7.29. The predicted molar refractivity (Wildman–Crippen MR) is 106 cm³/mol. The Morgan fingerprint density at radius 2 is 1.89 bits per heavy atom. The van der Waals surface area contributed by atoms with E-state index in [4.69, 9.17) is 4.42 Å². The van der Waals surface area contributed by atoms with Crippen LogP contribution in [-0.2, 0) is 17.6 Å². The van der Waals surface area contributed by atoms with Crippen molar-refractivity contribution in [2.24, 2.45) is 0 Å². The summed E-state index contributed by atoms with van der Waals surface area (Å²) in [5, 5.41) is 3.30. The fourth-order valence-electron chi connectivity index (χ4n) is 2.68. The van der Waals surface area contributed by atoms with Crippen molar-refractivity contribution >= 4 is 22.4 Å². The average molecular weight is 393 g/mol. The summed E-state index contributed by atoms with van der Waals surface area (Å²) in [6, 6.07) is 15.8. The van der Waals surface area contributed by atoms with Crippen LogP contribution in [0.2, 0.25) is 0 Å². The molecule has 0 saturated carbocycles. The van der Waals surface area contributed by atoms with Crippen molar-refractivity contribution in [2.75, 3.05) is 5.32 Å².